The standard InChI is InChI=1S/C17H15ClN4OS/c1-11-16(17(23)19-13-6-3-5-12(18)9-13)20-21-22(11)14-7-4-8-15(10-14)24-2/h3-10H,1-2H3,(H,19,23). The molecule has 3 aromatic rings. The Morgan fingerprint density at radius 3 is 2.75 bits per heavy atom. The summed E-state index contributed by atoms with van der Waals surface area (Å²) in [5, 5.41) is 11.5. The molecule has 122 valence electrons. The van der Waals surface area contributed by atoms with Gasteiger partial charge in [0.2, 0.25) is 0 Å². The van der Waals surface area contributed by atoms with Gasteiger partial charge in [0.1, 0.15) is 0 Å². The molecular weight excluding hydrogens is 344 g/mol. The molecule has 1 N–H and O–H groups in total. The van der Waals surface area contributed by atoms with Crippen LogP contribution < -0.4 is 5.32 Å². The SMILES string of the molecule is CSc1cccc(-n2nnc(C(=O)Nc3cccc(Cl)c3)c2C)c1. The molecule has 3 rings (SSSR count). The first-order chi connectivity index (χ1) is 11.6. The predicted octanol–water partition coefficient (Wildman–Crippen LogP) is 4.20. The number of benzene rings is 2. The molecule has 0 fully saturated rings. The van der Waals surface area contributed by atoms with Crippen molar-refractivity contribution in [3.8, 4) is 5.69 Å². The number of nitrogens with one attached hydrogen (secondary N) is 1. The summed E-state index contributed by atoms with van der Waals surface area (Å²) in [6, 6.07) is 14.9. The van der Waals surface area contributed by atoms with E-state index in [1.54, 1.807) is 40.7 Å². The first kappa shape index (κ1) is 16.5. The number of anilines is 1. The van der Waals surface area contributed by atoms with Crippen molar-refractivity contribution in [1.29, 1.82) is 0 Å². The van der Waals surface area contributed by atoms with Crippen LogP contribution in [0.1, 0.15) is 16.2 Å². The molecule has 1 amide bonds. The van der Waals surface area contributed by atoms with Gasteiger partial charge >= 0.3 is 0 Å². The molecule has 0 spiro atoms. The molecule has 0 radical (unpaired) electrons. The third kappa shape index (κ3) is 3.44. The summed E-state index contributed by atoms with van der Waals surface area (Å²) < 4.78 is 1.66. The highest BCUT2D eigenvalue weighted by Gasteiger charge is 2.17. The molecule has 24 heavy (non-hydrogen) atoms. The molecule has 0 unspecified atom stereocenters. The number of hydrogen-bond acceptors (Lipinski definition) is 4. The number of rotatable bonds is 4. The van der Waals surface area contributed by atoms with E-state index in [0.29, 0.717) is 16.4 Å². The van der Waals surface area contributed by atoms with Gasteiger partial charge in [-0.15, -0.1) is 16.9 Å². The Balaban J connectivity index is 1.87. The van der Waals surface area contributed by atoms with E-state index in [1.165, 1.54) is 0 Å². The van der Waals surface area contributed by atoms with Gasteiger partial charge in [-0.25, -0.2) is 4.68 Å². The van der Waals surface area contributed by atoms with E-state index < -0.39 is 0 Å². The van der Waals surface area contributed by atoms with Crippen molar-refractivity contribution in [3.05, 3.63) is 64.9 Å². The summed E-state index contributed by atoms with van der Waals surface area (Å²) in [7, 11) is 0. The second-order valence-corrected chi connectivity index (χ2v) is 6.42. The highest BCUT2D eigenvalue weighted by molar-refractivity contribution is 7.98. The molecule has 0 aliphatic carbocycles. The Bertz CT molecular complexity index is 894. The number of nitrogens with zero attached hydrogens (tertiary/aromatic N) is 3. The molecule has 0 aliphatic rings. The minimum atomic E-state index is -0.318. The average Bonchev–Trinajstić information content (AvgIpc) is 2.96. The quantitative estimate of drug-likeness (QED) is 0.710. The molecule has 0 aliphatic heterocycles. The Kier molecular flexibility index (Phi) is 4.87. The molecule has 5 nitrogen and oxygen atoms in total. The van der Waals surface area contributed by atoms with Crippen LogP contribution >= 0.6 is 23.4 Å². The summed E-state index contributed by atoms with van der Waals surface area (Å²) in [5.74, 6) is -0.318. The van der Waals surface area contributed by atoms with Crippen molar-refractivity contribution in [2.75, 3.05) is 11.6 Å². The van der Waals surface area contributed by atoms with Crippen molar-refractivity contribution in [2.24, 2.45) is 0 Å². The number of carbonyl (C=O) groups is 1. The summed E-state index contributed by atoms with van der Waals surface area (Å²) in [6.07, 6.45) is 2.01. The second-order valence-electron chi connectivity index (χ2n) is 5.10. The highest BCUT2D eigenvalue weighted by Crippen LogP contribution is 2.20. The monoisotopic (exact) mass is 358 g/mol. The van der Waals surface area contributed by atoms with Gasteiger partial charge < -0.3 is 5.32 Å². The maximum atomic E-state index is 12.4. The maximum absolute atomic E-state index is 12.4. The fourth-order valence-corrected chi connectivity index (χ4v) is 2.93. The zero-order valence-electron chi connectivity index (χ0n) is 13.2. The topological polar surface area (TPSA) is 59.8 Å². The van der Waals surface area contributed by atoms with Gasteiger partial charge in [0.25, 0.3) is 5.91 Å². The van der Waals surface area contributed by atoms with Crippen molar-refractivity contribution < 1.29 is 4.79 Å². The minimum absolute atomic E-state index is 0.282. The summed E-state index contributed by atoms with van der Waals surface area (Å²) >= 11 is 7.58. The first-order valence-corrected chi connectivity index (χ1v) is 8.82. The molecule has 1 aromatic heterocycles. The number of aromatic nitrogens is 3. The van der Waals surface area contributed by atoms with Gasteiger partial charge in [0.05, 0.1) is 11.4 Å². The maximum Gasteiger partial charge on any atom is 0.278 e. The van der Waals surface area contributed by atoms with Crippen molar-refractivity contribution in [3.63, 3.8) is 0 Å². The molecule has 0 saturated carbocycles. The van der Waals surface area contributed by atoms with E-state index in [0.717, 1.165) is 10.6 Å². The van der Waals surface area contributed by atoms with Gasteiger partial charge in [0.15, 0.2) is 5.69 Å². The van der Waals surface area contributed by atoms with Gasteiger partial charge in [-0.1, -0.05) is 28.9 Å². The number of thioether (sulfide) groups is 1. The third-order valence-electron chi connectivity index (χ3n) is 3.49. The lowest BCUT2D eigenvalue weighted by Crippen LogP contribution is -2.14. The molecule has 0 atom stereocenters. The number of amides is 1. The average molecular weight is 359 g/mol. The zero-order valence-corrected chi connectivity index (χ0v) is 14.7. The lowest BCUT2D eigenvalue weighted by Gasteiger charge is -2.06. The van der Waals surface area contributed by atoms with Crippen LogP contribution in [0.3, 0.4) is 0 Å². The summed E-state index contributed by atoms with van der Waals surface area (Å²) in [5.41, 5.74) is 2.44. The fourth-order valence-electron chi connectivity index (χ4n) is 2.28. The first-order valence-electron chi connectivity index (χ1n) is 7.22. The van der Waals surface area contributed by atoms with E-state index in [-0.39, 0.29) is 11.6 Å². The van der Waals surface area contributed by atoms with Crippen LogP contribution in [-0.2, 0) is 0 Å². The third-order valence-corrected chi connectivity index (χ3v) is 4.45. The molecule has 1 heterocycles. The Hall–Kier alpha value is -2.31. The normalized spacial score (nSPS) is 10.6. The fraction of sp³-hybridized carbons (Fsp3) is 0.118. The Morgan fingerprint density at radius 1 is 1.21 bits per heavy atom. The van der Waals surface area contributed by atoms with Crippen molar-refractivity contribution >= 4 is 35.0 Å². The summed E-state index contributed by atoms with van der Waals surface area (Å²) in [4.78, 5) is 13.6. The number of hydrogen-bond donors (Lipinski definition) is 1. The van der Waals surface area contributed by atoms with E-state index in [4.69, 9.17) is 11.6 Å². The van der Waals surface area contributed by atoms with E-state index >= 15 is 0 Å². The lowest BCUT2D eigenvalue weighted by atomic mass is 10.2. The van der Waals surface area contributed by atoms with E-state index in [1.807, 2.05) is 37.4 Å². The van der Waals surface area contributed by atoms with E-state index in [9.17, 15) is 4.79 Å². The Morgan fingerprint density at radius 2 is 2.00 bits per heavy atom. The van der Waals surface area contributed by atoms with E-state index in [2.05, 4.69) is 15.6 Å². The van der Waals surface area contributed by atoms with Crippen molar-refractivity contribution in [1.82, 2.24) is 15.0 Å². The van der Waals surface area contributed by atoms with Crippen LogP contribution in [0.2, 0.25) is 5.02 Å². The smallest absolute Gasteiger partial charge is 0.278 e. The van der Waals surface area contributed by atoms with Crippen LogP contribution in [0.4, 0.5) is 5.69 Å². The second kappa shape index (κ2) is 7.07. The Labute approximate surface area is 149 Å². The zero-order chi connectivity index (χ0) is 17.1. The van der Waals surface area contributed by atoms with Gasteiger partial charge in [0, 0.05) is 15.6 Å². The van der Waals surface area contributed by atoms with Crippen LogP contribution in [0.15, 0.2) is 53.4 Å². The molecule has 0 saturated heterocycles. The van der Waals surface area contributed by atoms with Crippen LogP contribution in [0.5, 0.6) is 0 Å². The largest absolute Gasteiger partial charge is 0.320 e. The van der Waals surface area contributed by atoms with Gasteiger partial charge in [-0.2, -0.15) is 0 Å². The number of carbonyl (C=O) groups excluding carboxylic acids is 1. The van der Waals surface area contributed by atoms with Gasteiger partial charge in [-0.05, 0) is 49.6 Å². The highest BCUT2D eigenvalue weighted by atomic mass is 35.5. The lowest BCUT2D eigenvalue weighted by molar-refractivity contribution is 0.102. The van der Waals surface area contributed by atoms with Crippen LogP contribution in [-0.4, -0.2) is 27.2 Å². The minimum Gasteiger partial charge on any atom is -0.320 e. The molecule has 0 bridgehead atoms. The van der Waals surface area contributed by atoms with Crippen molar-refractivity contribution in [2.45, 2.75) is 11.8 Å². The molecular formula is C17H15ClN4OS. The van der Waals surface area contributed by atoms with Gasteiger partial charge in [-0.3, -0.25) is 4.79 Å². The number of halogens is 1. The van der Waals surface area contributed by atoms with Crippen LogP contribution in [0, 0.1) is 6.92 Å². The molecule has 7 heteroatoms. The molecule has 2 aromatic carbocycles. The summed E-state index contributed by atoms with van der Waals surface area (Å²) in [6.45, 7) is 1.82. The van der Waals surface area contributed by atoms with Crippen LogP contribution in [0.25, 0.3) is 5.69 Å². The predicted molar refractivity (Wildman–Crippen MR) is 97.3 cm³/mol.